The molecule has 1 aromatic carbocycles. The van der Waals surface area contributed by atoms with E-state index >= 15 is 0 Å². The van der Waals surface area contributed by atoms with E-state index in [2.05, 4.69) is 4.98 Å². The molecular weight excluding hydrogens is 238 g/mol. The van der Waals surface area contributed by atoms with Gasteiger partial charge in [-0.3, -0.25) is 9.78 Å². The van der Waals surface area contributed by atoms with Crippen LogP contribution in [0.15, 0.2) is 48.8 Å². The zero-order valence-corrected chi connectivity index (χ0v) is 11.2. The van der Waals surface area contributed by atoms with Crippen molar-refractivity contribution in [1.29, 1.82) is 0 Å². The van der Waals surface area contributed by atoms with Gasteiger partial charge >= 0.3 is 0 Å². The molecule has 0 saturated heterocycles. The lowest BCUT2D eigenvalue weighted by atomic mass is 9.89. The number of benzene rings is 1. The van der Waals surface area contributed by atoms with Gasteiger partial charge < -0.3 is 4.74 Å². The Bertz CT molecular complexity index is 552. The van der Waals surface area contributed by atoms with E-state index in [9.17, 15) is 4.79 Å². The fourth-order valence-electron chi connectivity index (χ4n) is 2.12. The van der Waals surface area contributed by atoms with Gasteiger partial charge in [-0.15, -0.1) is 0 Å². The maximum Gasteiger partial charge on any atom is 0.171 e. The van der Waals surface area contributed by atoms with Gasteiger partial charge in [0.05, 0.1) is 13.3 Å². The molecule has 0 aliphatic carbocycles. The van der Waals surface area contributed by atoms with E-state index in [1.807, 2.05) is 37.3 Å². The van der Waals surface area contributed by atoms with Gasteiger partial charge in [0, 0.05) is 17.7 Å². The highest BCUT2D eigenvalue weighted by molar-refractivity contribution is 6.00. The molecule has 1 unspecified atom stereocenters. The van der Waals surface area contributed by atoms with Crippen LogP contribution in [-0.2, 0) is 0 Å². The van der Waals surface area contributed by atoms with Crippen molar-refractivity contribution in [3.63, 3.8) is 0 Å². The SMILES string of the molecule is CCC(C(=O)c1cncc(OC)c1)c1ccccc1. The first-order chi connectivity index (χ1) is 9.26. The van der Waals surface area contributed by atoms with Crippen LogP contribution in [0.2, 0.25) is 0 Å². The second kappa shape index (κ2) is 6.14. The molecule has 0 spiro atoms. The molecule has 1 atom stereocenters. The highest BCUT2D eigenvalue weighted by atomic mass is 16.5. The minimum Gasteiger partial charge on any atom is -0.495 e. The highest BCUT2D eigenvalue weighted by Gasteiger charge is 2.20. The van der Waals surface area contributed by atoms with Crippen LogP contribution in [0.5, 0.6) is 5.75 Å². The molecule has 2 aromatic rings. The number of ether oxygens (including phenoxy) is 1. The average molecular weight is 255 g/mol. The quantitative estimate of drug-likeness (QED) is 0.768. The first-order valence-electron chi connectivity index (χ1n) is 6.34. The van der Waals surface area contributed by atoms with Crippen LogP contribution in [0.1, 0.15) is 35.2 Å². The van der Waals surface area contributed by atoms with E-state index in [0.717, 1.165) is 12.0 Å². The van der Waals surface area contributed by atoms with Crippen LogP contribution < -0.4 is 4.74 Å². The number of hydrogen-bond acceptors (Lipinski definition) is 3. The molecule has 0 fully saturated rings. The standard InChI is InChI=1S/C16H17NO2/c1-3-15(12-7-5-4-6-8-12)16(18)13-9-14(19-2)11-17-10-13/h4-11,15H,3H2,1-2H3. The summed E-state index contributed by atoms with van der Waals surface area (Å²) in [6.45, 7) is 2.02. The van der Waals surface area contributed by atoms with Crippen molar-refractivity contribution < 1.29 is 9.53 Å². The largest absolute Gasteiger partial charge is 0.495 e. The molecule has 1 heterocycles. The molecule has 0 bridgehead atoms. The first kappa shape index (κ1) is 13.3. The molecule has 1 aromatic heterocycles. The molecule has 0 radical (unpaired) electrons. The van der Waals surface area contributed by atoms with Crippen molar-refractivity contribution in [2.75, 3.05) is 7.11 Å². The lowest BCUT2D eigenvalue weighted by molar-refractivity contribution is 0.0956. The second-order valence-corrected chi connectivity index (χ2v) is 4.35. The highest BCUT2D eigenvalue weighted by Crippen LogP contribution is 2.25. The van der Waals surface area contributed by atoms with Crippen molar-refractivity contribution in [2.45, 2.75) is 19.3 Å². The second-order valence-electron chi connectivity index (χ2n) is 4.35. The zero-order chi connectivity index (χ0) is 13.7. The van der Waals surface area contributed by atoms with Crippen LogP contribution in [0.3, 0.4) is 0 Å². The van der Waals surface area contributed by atoms with Crippen molar-refractivity contribution >= 4 is 5.78 Å². The Kier molecular flexibility index (Phi) is 4.29. The molecular formula is C16H17NO2. The fourth-order valence-corrected chi connectivity index (χ4v) is 2.12. The summed E-state index contributed by atoms with van der Waals surface area (Å²) in [6, 6.07) is 11.6. The van der Waals surface area contributed by atoms with Crippen molar-refractivity contribution in [3.8, 4) is 5.75 Å². The molecule has 3 nitrogen and oxygen atoms in total. The Labute approximate surface area is 113 Å². The number of methoxy groups -OCH3 is 1. The smallest absolute Gasteiger partial charge is 0.171 e. The molecule has 0 aliphatic rings. The van der Waals surface area contributed by atoms with Gasteiger partial charge in [0.15, 0.2) is 5.78 Å². The Morgan fingerprint density at radius 3 is 2.63 bits per heavy atom. The van der Waals surface area contributed by atoms with Crippen LogP contribution >= 0.6 is 0 Å². The Morgan fingerprint density at radius 1 is 1.26 bits per heavy atom. The molecule has 19 heavy (non-hydrogen) atoms. The third-order valence-electron chi connectivity index (χ3n) is 3.16. The van der Waals surface area contributed by atoms with E-state index in [-0.39, 0.29) is 11.7 Å². The van der Waals surface area contributed by atoms with Gasteiger partial charge in [0.25, 0.3) is 0 Å². The van der Waals surface area contributed by atoms with E-state index in [1.54, 1.807) is 25.6 Å². The molecule has 0 saturated carbocycles. The topological polar surface area (TPSA) is 39.2 Å². The van der Waals surface area contributed by atoms with Gasteiger partial charge in [0.1, 0.15) is 5.75 Å². The normalized spacial score (nSPS) is 11.9. The van der Waals surface area contributed by atoms with E-state index in [1.165, 1.54) is 0 Å². The van der Waals surface area contributed by atoms with Crippen LogP contribution in [-0.4, -0.2) is 17.9 Å². The lowest BCUT2D eigenvalue weighted by Crippen LogP contribution is -2.12. The number of aromatic nitrogens is 1. The summed E-state index contributed by atoms with van der Waals surface area (Å²) < 4.78 is 5.11. The number of Topliss-reactive ketones (excluding diaryl/α,β-unsaturated/α-hetero) is 1. The molecule has 2 rings (SSSR count). The van der Waals surface area contributed by atoms with Crippen LogP contribution in [0.25, 0.3) is 0 Å². The average Bonchev–Trinajstić information content (AvgIpc) is 2.49. The van der Waals surface area contributed by atoms with E-state index in [0.29, 0.717) is 11.3 Å². The third-order valence-corrected chi connectivity index (χ3v) is 3.16. The maximum atomic E-state index is 12.5. The number of carbonyl (C=O) groups is 1. The first-order valence-corrected chi connectivity index (χ1v) is 6.34. The van der Waals surface area contributed by atoms with Gasteiger partial charge in [-0.1, -0.05) is 37.3 Å². The molecule has 0 amide bonds. The predicted molar refractivity (Wildman–Crippen MR) is 74.6 cm³/mol. The molecule has 3 heteroatoms. The summed E-state index contributed by atoms with van der Waals surface area (Å²) in [7, 11) is 1.57. The van der Waals surface area contributed by atoms with E-state index in [4.69, 9.17) is 4.74 Å². The van der Waals surface area contributed by atoms with Gasteiger partial charge in [-0.05, 0) is 18.1 Å². The number of hydrogen-bond donors (Lipinski definition) is 0. The molecule has 0 N–H and O–H groups in total. The fraction of sp³-hybridized carbons (Fsp3) is 0.250. The molecule has 0 aliphatic heterocycles. The summed E-state index contributed by atoms with van der Waals surface area (Å²) in [5, 5.41) is 0. The van der Waals surface area contributed by atoms with Crippen molar-refractivity contribution in [1.82, 2.24) is 4.98 Å². The summed E-state index contributed by atoms with van der Waals surface area (Å²) in [6.07, 6.45) is 3.96. The summed E-state index contributed by atoms with van der Waals surface area (Å²) in [4.78, 5) is 16.6. The third kappa shape index (κ3) is 2.99. The number of pyridine rings is 1. The van der Waals surface area contributed by atoms with Gasteiger partial charge in [0.2, 0.25) is 0 Å². The zero-order valence-electron chi connectivity index (χ0n) is 11.2. The summed E-state index contributed by atoms with van der Waals surface area (Å²) >= 11 is 0. The summed E-state index contributed by atoms with van der Waals surface area (Å²) in [5.74, 6) is 0.559. The Hall–Kier alpha value is -2.16. The summed E-state index contributed by atoms with van der Waals surface area (Å²) in [5.41, 5.74) is 1.63. The van der Waals surface area contributed by atoms with Crippen LogP contribution in [0, 0.1) is 0 Å². The van der Waals surface area contributed by atoms with Crippen molar-refractivity contribution in [2.24, 2.45) is 0 Å². The predicted octanol–water partition coefficient (Wildman–Crippen LogP) is 3.47. The maximum absolute atomic E-state index is 12.5. The van der Waals surface area contributed by atoms with E-state index < -0.39 is 0 Å². The number of nitrogens with zero attached hydrogens (tertiary/aromatic N) is 1. The van der Waals surface area contributed by atoms with Crippen LogP contribution in [0.4, 0.5) is 0 Å². The number of carbonyl (C=O) groups excluding carboxylic acids is 1. The Morgan fingerprint density at radius 2 is 2.00 bits per heavy atom. The Balaban J connectivity index is 2.30. The minimum atomic E-state index is -0.130. The van der Waals surface area contributed by atoms with Gasteiger partial charge in [-0.25, -0.2) is 0 Å². The molecule has 98 valence electrons. The minimum absolute atomic E-state index is 0.0834. The van der Waals surface area contributed by atoms with Gasteiger partial charge in [-0.2, -0.15) is 0 Å². The number of rotatable bonds is 5. The van der Waals surface area contributed by atoms with Crippen molar-refractivity contribution in [3.05, 3.63) is 59.9 Å². The monoisotopic (exact) mass is 255 g/mol. The lowest BCUT2D eigenvalue weighted by Gasteiger charge is -2.14. The number of ketones is 1.